The Morgan fingerprint density at radius 2 is 1.85 bits per heavy atom. The number of rotatable bonds is 5. The summed E-state index contributed by atoms with van der Waals surface area (Å²) in [7, 11) is 0. The first-order valence-electron chi connectivity index (χ1n) is 8.22. The zero-order valence-corrected chi connectivity index (χ0v) is 17.1. The molecule has 0 bridgehead atoms. The van der Waals surface area contributed by atoms with Gasteiger partial charge in [0.05, 0.1) is 0 Å². The molecule has 5 nitrogen and oxygen atoms in total. The number of piperidine rings is 1. The monoisotopic (exact) mass is 434 g/mol. The van der Waals surface area contributed by atoms with E-state index in [0.717, 1.165) is 31.5 Å². The van der Waals surface area contributed by atoms with E-state index in [2.05, 4.69) is 21.3 Å². The van der Waals surface area contributed by atoms with Crippen LogP contribution in [-0.4, -0.2) is 40.1 Å². The Morgan fingerprint density at radius 3 is 2.46 bits per heavy atom. The zero-order chi connectivity index (χ0) is 19.0. The quantitative estimate of drug-likeness (QED) is 0.248. The molecule has 0 spiro atoms. The van der Waals surface area contributed by atoms with Gasteiger partial charge in [0.25, 0.3) is 0 Å². The molecule has 1 aromatic rings. The fourth-order valence-electron chi connectivity index (χ4n) is 2.45. The van der Waals surface area contributed by atoms with Gasteiger partial charge in [-0.25, -0.2) is 0 Å². The van der Waals surface area contributed by atoms with Crippen LogP contribution in [0.3, 0.4) is 0 Å². The predicted molar refractivity (Wildman–Crippen MR) is 112 cm³/mol. The van der Waals surface area contributed by atoms with Gasteiger partial charge >= 0.3 is 0 Å². The summed E-state index contributed by atoms with van der Waals surface area (Å²) >= 11 is 23.2. The molecular formula is C17H21Cl3N4OS. The molecule has 1 amide bonds. The highest BCUT2D eigenvalue weighted by molar-refractivity contribution is 7.80. The average molecular weight is 436 g/mol. The SMILES string of the molecule is O=C(/C=C/c1ccccc1)NC(NC(=S)NC1CCNCC1)C(Cl)(Cl)Cl. The number of nitrogens with one attached hydrogen (secondary N) is 4. The van der Waals surface area contributed by atoms with Crippen molar-refractivity contribution in [3.8, 4) is 0 Å². The van der Waals surface area contributed by atoms with E-state index in [-0.39, 0.29) is 6.04 Å². The topological polar surface area (TPSA) is 65.2 Å². The third-order valence-electron chi connectivity index (χ3n) is 3.79. The summed E-state index contributed by atoms with van der Waals surface area (Å²) in [6.45, 7) is 1.85. The minimum atomic E-state index is -1.77. The molecule has 0 saturated carbocycles. The van der Waals surface area contributed by atoms with Gasteiger partial charge < -0.3 is 21.3 Å². The molecule has 1 aromatic carbocycles. The highest BCUT2D eigenvalue weighted by Crippen LogP contribution is 2.29. The van der Waals surface area contributed by atoms with Crippen molar-refractivity contribution in [2.75, 3.05) is 13.1 Å². The van der Waals surface area contributed by atoms with Gasteiger partial charge in [-0.2, -0.15) is 0 Å². The first-order chi connectivity index (χ1) is 12.3. The molecule has 0 radical (unpaired) electrons. The number of amides is 1. The van der Waals surface area contributed by atoms with Crippen LogP contribution in [0.1, 0.15) is 18.4 Å². The lowest BCUT2D eigenvalue weighted by molar-refractivity contribution is -0.117. The summed E-state index contributed by atoms with van der Waals surface area (Å²) in [5.41, 5.74) is 0.893. The summed E-state index contributed by atoms with van der Waals surface area (Å²) < 4.78 is -1.77. The Kier molecular flexibility index (Phi) is 8.44. The van der Waals surface area contributed by atoms with Crippen molar-refractivity contribution in [3.63, 3.8) is 0 Å². The van der Waals surface area contributed by atoms with Crippen molar-refractivity contribution < 1.29 is 4.79 Å². The van der Waals surface area contributed by atoms with Crippen LogP contribution in [0.2, 0.25) is 0 Å². The second-order valence-corrected chi connectivity index (χ2v) is 8.65. The van der Waals surface area contributed by atoms with E-state index >= 15 is 0 Å². The fourth-order valence-corrected chi connectivity index (χ4v) is 3.06. The van der Waals surface area contributed by atoms with Crippen LogP contribution in [-0.2, 0) is 4.79 Å². The molecule has 0 aromatic heterocycles. The molecule has 1 atom stereocenters. The molecule has 142 valence electrons. The second-order valence-electron chi connectivity index (χ2n) is 5.87. The van der Waals surface area contributed by atoms with Crippen molar-refractivity contribution in [2.24, 2.45) is 0 Å². The van der Waals surface area contributed by atoms with E-state index in [1.54, 1.807) is 6.08 Å². The fraction of sp³-hybridized carbons (Fsp3) is 0.412. The lowest BCUT2D eigenvalue weighted by Gasteiger charge is -2.30. The van der Waals surface area contributed by atoms with Crippen LogP contribution in [0.15, 0.2) is 36.4 Å². The van der Waals surface area contributed by atoms with Gasteiger partial charge in [0, 0.05) is 12.1 Å². The Hall–Kier alpha value is -1.05. The molecule has 1 fully saturated rings. The van der Waals surface area contributed by atoms with Gasteiger partial charge in [0.2, 0.25) is 9.70 Å². The first kappa shape index (κ1) is 21.3. The summed E-state index contributed by atoms with van der Waals surface area (Å²) in [4.78, 5) is 12.2. The summed E-state index contributed by atoms with van der Waals surface area (Å²) in [5, 5.41) is 12.3. The van der Waals surface area contributed by atoms with Gasteiger partial charge in [0.15, 0.2) is 5.11 Å². The van der Waals surface area contributed by atoms with E-state index in [4.69, 9.17) is 47.0 Å². The molecular weight excluding hydrogens is 415 g/mol. The summed E-state index contributed by atoms with van der Waals surface area (Å²) in [6, 6.07) is 9.68. The van der Waals surface area contributed by atoms with Gasteiger partial charge in [-0.1, -0.05) is 65.1 Å². The normalized spacial score (nSPS) is 16.9. The molecule has 9 heteroatoms. The zero-order valence-electron chi connectivity index (χ0n) is 14.0. The van der Waals surface area contributed by atoms with E-state index in [9.17, 15) is 4.79 Å². The largest absolute Gasteiger partial charge is 0.360 e. The number of thiocarbonyl (C=S) groups is 1. The predicted octanol–water partition coefficient (Wildman–Crippen LogP) is 2.73. The van der Waals surface area contributed by atoms with E-state index in [1.165, 1.54) is 6.08 Å². The number of halogens is 3. The lowest BCUT2D eigenvalue weighted by atomic mass is 10.1. The maximum Gasteiger partial charge on any atom is 0.245 e. The van der Waals surface area contributed by atoms with Crippen LogP contribution < -0.4 is 21.3 Å². The van der Waals surface area contributed by atoms with Gasteiger partial charge in [0.1, 0.15) is 6.17 Å². The van der Waals surface area contributed by atoms with Crippen molar-refractivity contribution in [2.45, 2.75) is 28.8 Å². The first-order valence-corrected chi connectivity index (χ1v) is 9.77. The Morgan fingerprint density at radius 1 is 1.19 bits per heavy atom. The van der Waals surface area contributed by atoms with Gasteiger partial charge in [-0.3, -0.25) is 4.79 Å². The second kappa shape index (κ2) is 10.3. The molecule has 1 aliphatic rings. The number of hydrogen-bond acceptors (Lipinski definition) is 3. The molecule has 0 aliphatic carbocycles. The van der Waals surface area contributed by atoms with Crippen molar-refractivity contribution in [1.82, 2.24) is 21.3 Å². The van der Waals surface area contributed by atoms with Crippen LogP contribution in [0.4, 0.5) is 0 Å². The molecule has 1 heterocycles. The molecule has 1 unspecified atom stereocenters. The molecule has 1 saturated heterocycles. The maximum absolute atomic E-state index is 12.2. The maximum atomic E-state index is 12.2. The smallest absolute Gasteiger partial charge is 0.245 e. The average Bonchev–Trinajstić information content (AvgIpc) is 2.60. The van der Waals surface area contributed by atoms with E-state index in [0.29, 0.717) is 5.11 Å². The molecule has 1 aliphatic heterocycles. The van der Waals surface area contributed by atoms with Crippen molar-refractivity contribution in [1.29, 1.82) is 0 Å². The Labute approximate surface area is 173 Å². The van der Waals surface area contributed by atoms with Crippen molar-refractivity contribution >= 4 is 64.1 Å². The number of benzene rings is 1. The van der Waals surface area contributed by atoms with E-state index in [1.807, 2.05) is 30.3 Å². The highest BCUT2D eigenvalue weighted by atomic mass is 35.6. The standard InChI is InChI=1S/C17H21Cl3N4OS/c18-17(19,20)15(24-16(26)22-13-8-10-21-11-9-13)23-14(25)7-6-12-4-2-1-3-5-12/h1-7,13,15,21H,8-11H2,(H,23,25)(H2,22,24,26)/b7-6+. The minimum absolute atomic E-state index is 0.251. The number of carbonyl (C=O) groups is 1. The summed E-state index contributed by atoms with van der Waals surface area (Å²) in [6.07, 6.45) is 3.99. The van der Waals surface area contributed by atoms with Gasteiger partial charge in [-0.15, -0.1) is 0 Å². The summed E-state index contributed by atoms with van der Waals surface area (Å²) in [5.74, 6) is -0.401. The van der Waals surface area contributed by atoms with Crippen LogP contribution in [0, 0.1) is 0 Å². The third-order valence-corrected chi connectivity index (χ3v) is 4.68. The van der Waals surface area contributed by atoms with Crippen LogP contribution in [0.25, 0.3) is 6.08 Å². The van der Waals surface area contributed by atoms with Crippen LogP contribution in [0.5, 0.6) is 0 Å². The Balaban J connectivity index is 1.90. The number of hydrogen-bond donors (Lipinski definition) is 4. The Bertz CT molecular complexity index is 631. The minimum Gasteiger partial charge on any atom is -0.360 e. The lowest BCUT2D eigenvalue weighted by Crippen LogP contribution is -2.58. The molecule has 2 rings (SSSR count). The third kappa shape index (κ3) is 7.68. The number of carbonyl (C=O) groups excluding carboxylic acids is 1. The molecule has 26 heavy (non-hydrogen) atoms. The van der Waals surface area contributed by atoms with E-state index < -0.39 is 15.9 Å². The number of alkyl halides is 3. The van der Waals surface area contributed by atoms with Crippen molar-refractivity contribution in [3.05, 3.63) is 42.0 Å². The van der Waals surface area contributed by atoms with Gasteiger partial charge in [-0.05, 0) is 49.8 Å². The molecule has 4 N–H and O–H groups in total. The van der Waals surface area contributed by atoms with Crippen LogP contribution >= 0.6 is 47.0 Å². The highest BCUT2D eigenvalue weighted by Gasteiger charge is 2.34.